The van der Waals surface area contributed by atoms with Crippen LogP contribution in [0.3, 0.4) is 0 Å². The summed E-state index contributed by atoms with van der Waals surface area (Å²) in [6.07, 6.45) is 0. The molecular weight excluding hydrogens is 288 g/mol. The zero-order valence-electron chi connectivity index (χ0n) is 9.54. The number of nitrogens with one attached hydrogen (secondary N) is 3. The number of aromatic nitrogens is 3. The Morgan fingerprint density at radius 2 is 2.32 bits per heavy atom. The number of carbonyl (C=O) groups excluding carboxylic acids is 2. The number of amides is 2. The molecule has 0 aliphatic heterocycles. The molecule has 0 fully saturated rings. The lowest BCUT2D eigenvalue weighted by Gasteiger charge is -2.04. The van der Waals surface area contributed by atoms with Crippen LogP contribution in [-0.2, 0) is 4.79 Å². The first kappa shape index (κ1) is 13.4. The average Bonchev–Trinajstić information content (AvgIpc) is 3.04. The number of carbonyl (C=O) groups is 2. The Balaban J connectivity index is 1.71. The summed E-state index contributed by atoms with van der Waals surface area (Å²) < 4.78 is 0. The summed E-state index contributed by atoms with van der Waals surface area (Å²) in [6, 6.07) is 3.42. The second-order valence-electron chi connectivity index (χ2n) is 3.27. The molecule has 8 nitrogen and oxygen atoms in total. The van der Waals surface area contributed by atoms with E-state index in [1.807, 2.05) is 0 Å². The molecule has 100 valence electrons. The minimum Gasteiger partial charge on any atom is -0.368 e. The number of thiophene rings is 1. The summed E-state index contributed by atoms with van der Waals surface area (Å²) in [4.78, 5) is 27.3. The fourth-order valence-corrected chi connectivity index (χ4v) is 2.31. The van der Waals surface area contributed by atoms with Gasteiger partial charge in [-0.05, 0) is 11.4 Å². The number of nitrogens with two attached hydrogens (primary N) is 1. The summed E-state index contributed by atoms with van der Waals surface area (Å²) in [7, 11) is 0. The van der Waals surface area contributed by atoms with Gasteiger partial charge in [-0.1, -0.05) is 17.8 Å². The van der Waals surface area contributed by atoms with Gasteiger partial charge >= 0.3 is 0 Å². The van der Waals surface area contributed by atoms with Crippen LogP contribution < -0.4 is 16.6 Å². The SMILES string of the molecule is Nc1nc(SCC(=O)NNC(=O)c2cccs2)n[nH]1. The van der Waals surface area contributed by atoms with E-state index in [9.17, 15) is 9.59 Å². The number of hydrazine groups is 1. The fourth-order valence-electron chi connectivity index (χ4n) is 1.08. The van der Waals surface area contributed by atoms with Crippen LogP contribution in [0.4, 0.5) is 5.95 Å². The third kappa shape index (κ3) is 3.96. The van der Waals surface area contributed by atoms with Crippen LogP contribution in [-0.4, -0.2) is 32.7 Å². The van der Waals surface area contributed by atoms with Crippen LogP contribution in [0.25, 0.3) is 0 Å². The lowest BCUT2D eigenvalue weighted by atomic mass is 10.4. The fraction of sp³-hybridized carbons (Fsp3) is 0.111. The quantitative estimate of drug-likeness (QED) is 0.465. The average molecular weight is 298 g/mol. The molecule has 2 aromatic rings. The third-order valence-electron chi connectivity index (χ3n) is 1.87. The molecule has 2 aromatic heterocycles. The van der Waals surface area contributed by atoms with E-state index in [1.54, 1.807) is 17.5 Å². The highest BCUT2D eigenvalue weighted by Crippen LogP contribution is 2.11. The normalized spacial score (nSPS) is 10.1. The van der Waals surface area contributed by atoms with Gasteiger partial charge in [0, 0.05) is 0 Å². The highest BCUT2D eigenvalue weighted by Gasteiger charge is 2.09. The molecule has 2 heterocycles. The van der Waals surface area contributed by atoms with Gasteiger partial charge in [0.2, 0.25) is 17.0 Å². The van der Waals surface area contributed by atoms with Crippen LogP contribution in [0.5, 0.6) is 0 Å². The molecule has 5 N–H and O–H groups in total. The van der Waals surface area contributed by atoms with Gasteiger partial charge in [0.15, 0.2) is 0 Å². The minimum absolute atomic E-state index is 0.0714. The number of thioether (sulfide) groups is 1. The smallest absolute Gasteiger partial charge is 0.279 e. The zero-order valence-corrected chi connectivity index (χ0v) is 11.2. The van der Waals surface area contributed by atoms with Gasteiger partial charge in [-0.15, -0.1) is 16.4 Å². The number of hydrogen-bond donors (Lipinski definition) is 4. The van der Waals surface area contributed by atoms with Gasteiger partial charge in [-0.2, -0.15) is 4.98 Å². The van der Waals surface area contributed by atoms with Crippen molar-refractivity contribution < 1.29 is 9.59 Å². The molecule has 0 aliphatic carbocycles. The van der Waals surface area contributed by atoms with E-state index in [2.05, 4.69) is 26.0 Å². The number of nitrogen functional groups attached to an aromatic ring is 1. The van der Waals surface area contributed by atoms with Gasteiger partial charge in [0.1, 0.15) is 0 Å². The summed E-state index contributed by atoms with van der Waals surface area (Å²) in [5, 5.41) is 8.37. The molecule has 2 rings (SSSR count). The molecule has 0 aromatic carbocycles. The van der Waals surface area contributed by atoms with Crippen LogP contribution in [0.15, 0.2) is 22.7 Å². The Morgan fingerprint density at radius 1 is 1.47 bits per heavy atom. The predicted molar refractivity (Wildman–Crippen MR) is 71.4 cm³/mol. The van der Waals surface area contributed by atoms with Gasteiger partial charge < -0.3 is 5.73 Å². The minimum atomic E-state index is -0.363. The Bertz CT molecular complexity index is 567. The molecular formula is C9H10N6O2S2. The second-order valence-corrected chi connectivity index (χ2v) is 5.16. The highest BCUT2D eigenvalue weighted by atomic mass is 32.2. The summed E-state index contributed by atoms with van der Waals surface area (Å²) >= 11 is 2.39. The molecule has 0 bridgehead atoms. The first-order chi connectivity index (χ1) is 9.15. The van der Waals surface area contributed by atoms with Crippen molar-refractivity contribution in [2.75, 3.05) is 11.5 Å². The van der Waals surface area contributed by atoms with Crippen LogP contribution >= 0.6 is 23.1 Å². The number of rotatable bonds is 4. The summed E-state index contributed by atoms with van der Waals surface area (Å²) in [6.45, 7) is 0. The molecule has 0 unspecified atom stereocenters. The molecule has 19 heavy (non-hydrogen) atoms. The number of hydrogen-bond acceptors (Lipinski definition) is 7. The van der Waals surface area contributed by atoms with E-state index in [-0.39, 0.29) is 23.5 Å². The van der Waals surface area contributed by atoms with Crippen molar-refractivity contribution in [3.8, 4) is 0 Å². The van der Waals surface area contributed by atoms with E-state index in [1.165, 1.54) is 11.3 Å². The largest absolute Gasteiger partial charge is 0.368 e. The van der Waals surface area contributed by atoms with Crippen LogP contribution in [0.2, 0.25) is 0 Å². The molecule has 0 saturated heterocycles. The molecule has 0 saturated carbocycles. The molecule has 0 spiro atoms. The third-order valence-corrected chi connectivity index (χ3v) is 3.59. The molecule has 2 amide bonds. The van der Waals surface area contributed by atoms with Crippen molar-refractivity contribution in [2.24, 2.45) is 0 Å². The summed E-state index contributed by atoms with van der Waals surface area (Å²) in [5.41, 5.74) is 9.95. The van der Waals surface area contributed by atoms with E-state index in [0.29, 0.717) is 10.0 Å². The van der Waals surface area contributed by atoms with Crippen molar-refractivity contribution in [1.29, 1.82) is 0 Å². The van der Waals surface area contributed by atoms with Crippen molar-refractivity contribution in [2.45, 2.75) is 5.16 Å². The maximum Gasteiger partial charge on any atom is 0.279 e. The van der Waals surface area contributed by atoms with E-state index >= 15 is 0 Å². The number of nitrogens with zero attached hydrogens (tertiary/aromatic N) is 2. The lowest BCUT2D eigenvalue weighted by molar-refractivity contribution is -0.119. The lowest BCUT2D eigenvalue weighted by Crippen LogP contribution is -2.42. The molecule has 10 heteroatoms. The topological polar surface area (TPSA) is 126 Å². The van der Waals surface area contributed by atoms with Gasteiger partial charge in [-0.3, -0.25) is 20.4 Å². The number of anilines is 1. The molecule has 0 radical (unpaired) electrons. The monoisotopic (exact) mass is 298 g/mol. The van der Waals surface area contributed by atoms with Gasteiger partial charge in [0.05, 0.1) is 10.6 Å². The first-order valence-corrected chi connectivity index (χ1v) is 6.95. The maximum absolute atomic E-state index is 11.5. The predicted octanol–water partition coefficient (Wildman–Crippen LogP) is 0.00170. The number of aromatic amines is 1. The standard InChI is InChI=1S/C9H10N6O2S2/c10-8-11-9(15-14-8)19-4-6(16)12-13-7(17)5-2-1-3-18-5/h1-3H,4H2,(H,12,16)(H,13,17)(H3,10,11,14,15). The number of H-pyrrole nitrogens is 1. The Kier molecular flexibility index (Phi) is 4.36. The van der Waals surface area contributed by atoms with Crippen molar-refractivity contribution >= 4 is 40.9 Å². The summed E-state index contributed by atoms with van der Waals surface area (Å²) in [5.74, 6) is -0.454. The second kappa shape index (κ2) is 6.20. The van der Waals surface area contributed by atoms with Gasteiger partial charge in [-0.25, -0.2) is 5.10 Å². The van der Waals surface area contributed by atoms with Crippen molar-refractivity contribution in [1.82, 2.24) is 26.0 Å². The molecule has 0 aliphatic rings. The highest BCUT2D eigenvalue weighted by molar-refractivity contribution is 7.99. The van der Waals surface area contributed by atoms with Crippen LogP contribution in [0, 0.1) is 0 Å². The Hall–Kier alpha value is -2.07. The Morgan fingerprint density at radius 3 is 2.95 bits per heavy atom. The van der Waals surface area contributed by atoms with E-state index in [4.69, 9.17) is 5.73 Å². The van der Waals surface area contributed by atoms with Crippen molar-refractivity contribution in [3.63, 3.8) is 0 Å². The first-order valence-electron chi connectivity index (χ1n) is 5.08. The van der Waals surface area contributed by atoms with Crippen LogP contribution in [0.1, 0.15) is 9.67 Å². The molecule has 0 atom stereocenters. The maximum atomic E-state index is 11.5. The van der Waals surface area contributed by atoms with E-state index in [0.717, 1.165) is 11.8 Å². The van der Waals surface area contributed by atoms with Crippen molar-refractivity contribution in [3.05, 3.63) is 22.4 Å². The van der Waals surface area contributed by atoms with Gasteiger partial charge in [0.25, 0.3) is 5.91 Å². The Labute approximate surface area is 116 Å². The van der Waals surface area contributed by atoms with E-state index < -0.39 is 0 Å². The zero-order chi connectivity index (χ0) is 13.7.